The zero-order valence-electron chi connectivity index (χ0n) is 15.3. The molecule has 1 N–H and O–H groups in total. The number of ether oxygens (including phenoxy) is 2. The lowest BCUT2D eigenvalue weighted by atomic mass is 9.98. The Bertz CT molecular complexity index is 998. The summed E-state index contributed by atoms with van der Waals surface area (Å²) >= 11 is 0. The molecule has 8 heteroatoms. The van der Waals surface area contributed by atoms with Gasteiger partial charge < -0.3 is 14.0 Å². The van der Waals surface area contributed by atoms with Crippen molar-refractivity contribution in [2.45, 2.75) is 13.8 Å². The van der Waals surface area contributed by atoms with E-state index in [0.29, 0.717) is 22.6 Å². The van der Waals surface area contributed by atoms with Gasteiger partial charge in [-0.25, -0.2) is 4.52 Å². The predicted molar refractivity (Wildman–Crippen MR) is 100 cm³/mol. The van der Waals surface area contributed by atoms with Gasteiger partial charge in [0.05, 0.1) is 20.4 Å². The molecule has 0 aliphatic carbocycles. The molecule has 0 amide bonds. The van der Waals surface area contributed by atoms with Gasteiger partial charge in [-0.15, -0.1) is 4.89 Å². The van der Waals surface area contributed by atoms with Gasteiger partial charge >= 0.3 is 8.25 Å². The molecule has 0 saturated carbocycles. The fraction of sp³-hybridized carbons (Fsp3) is 0.211. The van der Waals surface area contributed by atoms with E-state index in [1.807, 2.05) is 26.0 Å². The van der Waals surface area contributed by atoms with E-state index in [0.717, 1.165) is 22.4 Å². The van der Waals surface area contributed by atoms with Gasteiger partial charge in [0.1, 0.15) is 5.75 Å². The summed E-state index contributed by atoms with van der Waals surface area (Å²) in [4.78, 5) is 9.08. The maximum absolute atomic E-state index is 11.1. The van der Waals surface area contributed by atoms with E-state index in [1.165, 1.54) is 7.11 Å². The van der Waals surface area contributed by atoms with Crippen LogP contribution in [0, 0.1) is 13.8 Å². The third-order valence-corrected chi connectivity index (χ3v) is 4.68. The lowest BCUT2D eigenvalue weighted by Crippen LogP contribution is -1.92. The molecule has 0 bridgehead atoms. The number of aryl methyl sites for hydroxylation is 1. The number of benzene rings is 2. The predicted octanol–water partition coefficient (Wildman–Crippen LogP) is 4.67. The van der Waals surface area contributed by atoms with E-state index in [9.17, 15) is 4.57 Å². The first kappa shape index (κ1) is 18.9. The number of hydrogen-bond donors (Lipinski definition) is 1. The maximum atomic E-state index is 11.1. The Kier molecular flexibility index (Phi) is 5.44. The summed E-state index contributed by atoms with van der Waals surface area (Å²) in [6.45, 7) is 3.98. The molecule has 3 rings (SSSR count). The second kappa shape index (κ2) is 7.78. The van der Waals surface area contributed by atoms with Gasteiger partial charge in [-0.3, -0.25) is 0 Å². The average Bonchev–Trinajstić information content (AvgIpc) is 3.13. The molecule has 1 heterocycles. The molecule has 140 valence electrons. The van der Waals surface area contributed by atoms with Crippen LogP contribution in [0.5, 0.6) is 17.2 Å². The molecule has 0 aliphatic heterocycles. The van der Waals surface area contributed by atoms with Gasteiger partial charge in [0.25, 0.3) is 0 Å². The number of rotatable bonds is 6. The van der Waals surface area contributed by atoms with Crippen LogP contribution in [0.3, 0.4) is 0 Å². The minimum Gasteiger partial charge on any atom is -0.496 e. The summed E-state index contributed by atoms with van der Waals surface area (Å²) in [6, 6.07) is 8.94. The van der Waals surface area contributed by atoms with Gasteiger partial charge in [0.15, 0.2) is 11.5 Å². The van der Waals surface area contributed by atoms with Crippen LogP contribution in [-0.4, -0.2) is 24.3 Å². The molecular weight excluding hydrogens is 369 g/mol. The third kappa shape index (κ3) is 3.79. The largest absolute Gasteiger partial charge is 0.747 e. The maximum Gasteiger partial charge on any atom is 0.747 e. The molecule has 1 aromatic heterocycles. The van der Waals surface area contributed by atoms with Crippen LogP contribution in [0.1, 0.15) is 11.1 Å². The SMILES string of the molecule is COc1ccc(-c2cnoc2-c2cc(C)c(C)c(OC)c2)cc1O[P+](=O)O. The number of methoxy groups -OCH3 is 2. The molecule has 0 radical (unpaired) electrons. The van der Waals surface area contributed by atoms with Crippen LogP contribution < -0.4 is 14.0 Å². The Labute approximate surface area is 157 Å². The highest BCUT2D eigenvalue weighted by atomic mass is 31.1. The second-order valence-corrected chi connectivity index (χ2v) is 6.54. The zero-order valence-corrected chi connectivity index (χ0v) is 16.2. The Morgan fingerprint density at radius 2 is 1.70 bits per heavy atom. The van der Waals surface area contributed by atoms with Gasteiger partial charge in [0.2, 0.25) is 5.75 Å². The Hall–Kier alpha value is -2.89. The first-order valence-corrected chi connectivity index (χ1v) is 9.20. The fourth-order valence-corrected chi connectivity index (χ4v) is 3.13. The average molecular weight is 388 g/mol. The highest BCUT2D eigenvalue weighted by Crippen LogP contribution is 2.40. The van der Waals surface area contributed by atoms with Gasteiger partial charge in [0, 0.05) is 15.7 Å². The highest BCUT2D eigenvalue weighted by Gasteiger charge is 2.22. The Morgan fingerprint density at radius 3 is 2.37 bits per heavy atom. The molecule has 0 saturated heterocycles. The van der Waals surface area contributed by atoms with E-state index in [2.05, 4.69) is 5.16 Å². The molecule has 0 fully saturated rings. The van der Waals surface area contributed by atoms with Gasteiger partial charge in [-0.05, 0) is 54.8 Å². The molecule has 1 atom stereocenters. The molecule has 2 aromatic carbocycles. The van der Waals surface area contributed by atoms with E-state index >= 15 is 0 Å². The zero-order chi connectivity index (χ0) is 19.6. The summed E-state index contributed by atoms with van der Waals surface area (Å²) in [5.41, 5.74) is 4.34. The molecule has 7 nitrogen and oxygen atoms in total. The van der Waals surface area contributed by atoms with Crippen LogP contribution >= 0.6 is 8.25 Å². The smallest absolute Gasteiger partial charge is 0.496 e. The fourth-order valence-electron chi connectivity index (χ4n) is 2.82. The van der Waals surface area contributed by atoms with Crippen LogP contribution in [0.15, 0.2) is 41.1 Å². The summed E-state index contributed by atoms with van der Waals surface area (Å²) in [5, 5.41) is 3.92. The summed E-state index contributed by atoms with van der Waals surface area (Å²) < 4.78 is 32.2. The quantitative estimate of drug-likeness (QED) is 0.614. The van der Waals surface area contributed by atoms with E-state index < -0.39 is 8.25 Å². The normalized spacial score (nSPS) is 11.2. The standard InChI is InChI=1S/C19H18NO6P/c1-11-7-14(9-17(24-4)12(11)2)19-15(10-20-25-19)13-5-6-16(23-3)18(8-13)26-27(21)22/h5-10H,1-4H3/p+1. The van der Waals surface area contributed by atoms with Crippen molar-refractivity contribution in [3.63, 3.8) is 0 Å². The lowest BCUT2D eigenvalue weighted by molar-refractivity contribution is 0.372. The minimum absolute atomic E-state index is 0.156. The summed E-state index contributed by atoms with van der Waals surface area (Å²) in [6.07, 6.45) is 1.58. The van der Waals surface area contributed by atoms with E-state index in [1.54, 1.807) is 31.5 Å². The minimum atomic E-state index is -2.82. The van der Waals surface area contributed by atoms with Crippen LogP contribution in [0.4, 0.5) is 0 Å². The van der Waals surface area contributed by atoms with Crippen molar-refractivity contribution in [3.8, 4) is 39.7 Å². The molecule has 1 unspecified atom stereocenters. The first-order chi connectivity index (χ1) is 12.9. The monoisotopic (exact) mass is 388 g/mol. The van der Waals surface area contributed by atoms with Gasteiger partial charge in [-0.2, -0.15) is 0 Å². The number of aromatic nitrogens is 1. The van der Waals surface area contributed by atoms with Crippen molar-refractivity contribution in [2.75, 3.05) is 14.2 Å². The third-order valence-electron chi connectivity index (χ3n) is 4.32. The van der Waals surface area contributed by atoms with Crippen LogP contribution in [0.25, 0.3) is 22.5 Å². The van der Waals surface area contributed by atoms with Crippen LogP contribution in [0.2, 0.25) is 0 Å². The molecule has 3 aromatic rings. The van der Waals surface area contributed by atoms with Crippen molar-refractivity contribution in [1.29, 1.82) is 0 Å². The van der Waals surface area contributed by atoms with Gasteiger partial charge in [-0.1, -0.05) is 11.2 Å². The first-order valence-electron chi connectivity index (χ1n) is 8.07. The van der Waals surface area contributed by atoms with E-state index in [4.69, 9.17) is 23.4 Å². The summed E-state index contributed by atoms with van der Waals surface area (Å²) in [7, 11) is 0.258. The number of nitrogens with zero attached hydrogens (tertiary/aromatic N) is 1. The van der Waals surface area contributed by atoms with Crippen molar-refractivity contribution in [2.24, 2.45) is 0 Å². The van der Waals surface area contributed by atoms with Crippen molar-refractivity contribution in [1.82, 2.24) is 5.16 Å². The number of hydrogen-bond acceptors (Lipinski definition) is 6. The molecular formula is C19H19NO6P+. The second-order valence-electron chi connectivity index (χ2n) is 5.88. The highest BCUT2D eigenvalue weighted by molar-refractivity contribution is 7.32. The Balaban J connectivity index is 2.11. The Morgan fingerprint density at radius 1 is 1.00 bits per heavy atom. The molecule has 0 spiro atoms. The van der Waals surface area contributed by atoms with Crippen molar-refractivity contribution >= 4 is 8.25 Å². The van der Waals surface area contributed by atoms with E-state index in [-0.39, 0.29) is 5.75 Å². The molecule has 27 heavy (non-hydrogen) atoms. The topological polar surface area (TPSA) is 91.0 Å². The van der Waals surface area contributed by atoms with Crippen molar-refractivity contribution < 1.29 is 28.0 Å². The molecule has 0 aliphatic rings. The van der Waals surface area contributed by atoms with Crippen LogP contribution in [-0.2, 0) is 4.57 Å². The summed E-state index contributed by atoms with van der Waals surface area (Å²) in [5.74, 6) is 1.81. The lowest BCUT2D eigenvalue weighted by Gasteiger charge is -2.11. The van der Waals surface area contributed by atoms with Crippen molar-refractivity contribution in [3.05, 3.63) is 47.7 Å².